The molecule has 0 saturated heterocycles. The second-order valence-corrected chi connectivity index (χ2v) is 6.54. The number of amides is 1. The number of para-hydroxylation sites is 1. The molecular formula is C22H22N4O2. The van der Waals surface area contributed by atoms with Crippen molar-refractivity contribution in [3.05, 3.63) is 60.2 Å². The van der Waals surface area contributed by atoms with E-state index in [1.807, 2.05) is 41.9 Å². The Morgan fingerprint density at radius 2 is 1.89 bits per heavy atom. The van der Waals surface area contributed by atoms with Gasteiger partial charge in [0.1, 0.15) is 5.75 Å². The fourth-order valence-electron chi connectivity index (χ4n) is 3.21. The first-order valence-corrected chi connectivity index (χ1v) is 9.50. The SMILES string of the molecule is CCCn1nc(NC(=O)c2ccc(OCC)cc2)c2cc3ccccc3nc21. The average Bonchev–Trinajstić information content (AvgIpc) is 3.04. The highest BCUT2D eigenvalue weighted by atomic mass is 16.5. The topological polar surface area (TPSA) is 69.0 Å². The molecule has 2 heterocycles. The maximum absolute atomic E-state index is 12.7. The highest BCUT2D eigenvalue weighted by molar-refractivity contribution is 6.08. The van der Waals surface area contributed by atoms with Gasteiger partial charge in [-0.2, -0.15) is 5.10 Å². The number of anilines is 1. The van der Waals surface area contributed by atoms with E-state index in [4.69, 9.17) is 9.72 Å². The number of hydrogen-bond donors (Lipinski definition) is 1. The Kier molecular flexibility index (Phi) is 4.93. The molecule has 0 saturated carbocycles. The number of pyridine rings is 1. The van der Waals surface area contributed by atoms with Crippen LogP contribution in [0.4, 0.5) is 5.82 Å². The number of benzene rings is 2. The van der Waals surface area contributed by atoms with Crippen molar-refractivity contribution in [1.82, 2.24) is 14.8 Å². The number of hydrogen-bond acceptors (Lipinski definition) is 4. The minimum atomic E-state index is -0.209. The van der Waals surface area contributed by atoms with Gasteiger partial charge in [0.15, 0.2) is 11.5 Å². The monoisotopic (exact) mass is 374 g/mol. The predicted molar refractivity (Wildman–Crippen MR) is 111 cm³/mol. The molecule has 0 unspecified atom stereocenters. The smallest absolute Gasteiger partial charge is 0.256 e. The first-order valence-electron chi connectivity index (χ1n) is 9.50. The molecule has 0 spiro atoms. The molecule has 0 atom stereocenters. The summed E-state index contributed by atoms with van der Waals surface area (Å²) >= 11 is 0. The quantitative estimate of drug-likeness (QED) is 0.533. The molecule has 6 heteroatoms. The summed E-state index contributed by atoms with van der Waals surface area (Å²) in [6.07, 6.45) is 0.928. The number of nitrogens with zero attached hydrogens (tertiary/aromatic N) is 3. The van der Waals surface area contributed by atoms with Crippen LogP contribution in [0.5, 0.6) is 5.75 Å². The van der Waals surface area contributed by atoms with E-state index in [0.29, 0.717) is 18.0 Å². The first-order chi connectivity index (χ1) is 13.7. The van der Waals surface area contributed by atoms with Crippen molar-refractivity contribution in [2.45, 2.75) is 26.8 Å². The summed E-state index contributed by atoms with van der Waals surface area (Å²) in [7, 11) is 0. The molecule has 0 radical (unpaired) electrons. The summed E-state index contributed by atoms with van der Waals surface area (Å²) in [5.41, 5.74) is 2.24. The highest BCUT2D eigenvalue weighted by Gasteiger charge is 2.16. The average molecular weight is 374 g/mol. The molecular weight excluding hydrogens is 352 g/mol. The van der Waals surface area contributed by atoms with Gasteiger partial charge in [0.25, 0.3) is 5.91 Å². The third-order valence-electron chi connectivity index (χ3n) is 4.52. The molecule has 1 amide bonds. The van der Waals surface area contributed by atoms with Gasteiger partial charge < -0.3 is 10.1 Å². The lowest BCUT2D eigenvalue weighted by Crippen LogP contribution is -2.13. The van der Waals surface area contributed by atoms with Crippen molar-refractivity contribution in [2.75, 3.05) is 11.9 Å². The van der Waals surface area contributed by atoms with Gasteiger partial charge in [0.05, 0.1) is 17.5 Å². The van der Waals surface area contributed by atoms with Crippen LogP contribution in [0.15, 0.2) is 54.6 Å². The van der Waals surface area contributed by atoms with E-state index < -0.39 is 0 Å². The molecule has 0 aliphatic carbocycles. The summed E-state index contributed by atoms with van der Waals surface area (Å²) in [5.74, 6) is 1.06. The van der Waals surface area contributed by atoms with Crippen LogP contribution in [0, 0.1) is 0 Å². The zero-order valence-corrected chi connectivity index (χ0v) is 16.0. The molecule has 1 N–H and O–H groups in total. The van der Waals surface area contributed by atoms with E-state index in [1.54, 1.807) is 24.3 Å². The fourth-order valence-corrected chi connectivity index (χ4v) is 3.21. The Morgan fingerprint density at radius 3 is 2.64 bits per heavy atom. The molecule has 0 aliphatic rings. The van der Waals surface area contributed by atoms with Crippen molar-refractivity contribution < 1.29 is 9.53 Å². The molecule has 4 aromatic rings. The number of aryl methyl sites for hydroxylation is 1. The summed E-state index contributed by atoms with van der Waals surface area (Å²) in [5, 5.41) is 9.41. The predicted octanol–water partition coefficient (Wildman–Crippen LogP) is 4.65. The number of carbonyl (C=O) groups is 1. The molecule has 2 aromatic carbocycles. The third kappa shape index (κ3) is 3.41. The molecule has 0 fully saturated rings. The zero-order valence-electron chi connectivity index (χ0n) is 16.0. The van der Waals surface area contributed by atoms with Crippen LogP contribution in [-0.4, -0.2) is 27.3 Å². The van der Waals surface area contributed by atoms with Gasteiger partial charge in [-0.15, -0.1) is 0 Å². The Balaban J connectivity index is 1.70. The highest BCUT2D eigenvalue weighted by Crippen LogP contribution is 2.26. The molecule has 2 aromatic heterocycles. The van der Waals surface area contributed by atoms with Gasteiger partial charge in [-0.1, -0.05) is 25.1 Å². The van der Waals surface area contributed by atoms with E-state index in [-0.39, 0.29) is 5.91 Å². The molecule has 0 aliphatic heterocycles. The minimum Gasteiger partial charge on any atom is -0.494 e. The standard InChI is InChI=1S/C22H22N4O2/c1-3-13-26-21-18(14-16-7-5-6-8-19(16)23-21)20(25-26)24-22(27)15-9-11-17(12-10-15)28-4-2/h5-12,14H,3-4,13H2,1-2H3,(H,24,25,27). The van der Waals surface area contributed by atoms with Crippen molar-refractivity contribution in [3.63, 3.8) is 0 Å². The zero-order chi connectivity index (χ0) is 19.5. The maximum Gasteiger partial charge on any atom is 0.256 e. The van der Waals surface area contributed by atoms with Gasteiger partial charge >= 0.3 is 0 Å². The summed E-state index contributed by atoms with van der Waals surface area (Å²) in [6, 6.07) is 17.1. The Labute approximate surface area is 163 Å². The molecule has 142 valence electrons. The molecule has 0 bridgehead atoms. The van der Waals surface area contributed by atoms with Crippen molar-refractivity contribution in [3.8, 4) is 5.75 Å². The van der Waals surface area contributed by atoms with Crippen molar-refractivity contribution in [2.24, 2.45) is 0 Å². The van der Waals surface area contributed by atoms with E-state index in [9.17, 15) is 4.79 Å². The lowest BCUT2D eigenvalue weighted by atomic mass is 10.2. The molecule has 4 rings (SSSR count). The maximum atomic E-state index is 12.7. The fraction of sp³-hybridized carbons (Fsp3) is 0.227. The lowest BCUT2D eigenvalue weighted by Gasteiger charge is -2.05. The molecule has 28 heavy (non-hydrogen) atoms. The van der Waals surface area contributed by atoms with Gasteiger partial charge in [0, 0.05) is 17.5 Å². The van der Waals surface area contributed by atoms with E-state index in [2.05, 4.69) is 17.3 Å². The number of carbonyl (C=O) groups excluding carboxylic acids is 1. The van der Waals surface area contributed by atoms with Crippen LogP contribution >= 0.6 is 0 Å². The number of rotatable bonds is 6. The summed E-state index contributed by atoms with van der Waals surface area (Å²) < 4.78 is 7.29. The van der Waals surface area contributed by atoms with Gasteiger partial charge in [0.2, 0.25) is 0 Å². The van der Waals surface area contributed by atoms with Gasteiger partial charge in [-0.25, -0.2) is 9.67 Å². The lowest BCUT2D eigenvalue weighted by molar-refractivity contribution is 0.102. The second kappa shape index (κ2) is 7.68. The Bertz CT molecular complexity index is 1130. The summed E-state index contributed by atoms with van der Waals surface area (Å²) in [4.78, 5) is 17.5. The molecule has 6 nitrogen and oxygen atoms in total. The number of ether oxygens (including phenoxy) is 1. The van der Waals surface area contributed by atoms with Crippen LogP contribution in [0.25, 0.3) is 21.9 Å². The van der Waals surface area contributed by atoms with Crippen LogP contribution < -0.4 is 10.1 Å². The third-order valence-corrected chi connectivity index (χ3v) is 4.52. The normalized spacial score (nSPS) is 11.1. The van der Waals surface area contributed by atoms with Crippen molar-refractivity contribution >= 4 is 33.7 Å². The Morgan fingerprint density at radius 1 is 1.11 bits per heavy atom. The minimum absolute atomic E-state index is 0.209. The van der Waals surface area contributed by atoms with Crippen LogP contribution in [-0.2, 0) is 6.54 Å². The van der Waals surface area contributed by atoms with E-state index in [0.717, 1.165) is 40.7 Å². The van der Waals surface area contributed by atoms with Gasteiger partial charge in [-0.05, 0) is 49.7 Å². The second-order valence-electron chi connectivity index (χ2n) is 6.54. The number of fused-ring (bicyclic) bond motifs is 2. The largest absolute Gasteiger partial charge is 0.494 e. The van der Waals surface area contributed by atoms with Crippen LogP contribution in [0.1, 0.15) is 30.6 Å². The van der Waals surface area contributed by atoms with Gasteiger partial charge in [-0.3, -0.25) is 4.79 Å². The number of nitrogens with one attached hydrogen (secondary N) is 1. The van der Waals surface area contributed by atoms with Crippen molar-refractivity contribution in [1.29, 1.82) is 0 Å². The van der Waals surface area contributed by atoms with E-state index in [1.165, 1.54) is 0 Å². The number of aromatic nitrogens is 3. The summed E-state index contributed by atoms with van der Waals surface area (Å²) in [6.45, 7) is 5.34. The first kappa shape index (κ1) is 18.0. The Hall–Kier alpha value is -3.41. The van der Waals surface area contributed by atoms with Crippen LogP contribution in [0.3, 0.4) is 0 Å². The van der Waals surface area contributed by atoms with Crippen LogP contribution in [0.2, 0.25) is 0 Å². The van der Waals surface area contributed by atoms with E-state index >= 15 is 0 Å².